The van der Waals surface area contributed by atoms with Gasteiger partial charge < -0.3 is 4.74 Å². The summed E-state index contributed by atoms with van der Waals surface area (Å²) in [7, 11) is 1.78. The molecule has 0 aromatic heterocycles. The van der Waals surface area contributed by atoms with Crippen molar-refractivity contribution in [3.8, 4) is 5.75 Å². The van der Waals surface area contributed by atoms with Gasteiger partial charge >= 0.3 is 0 Å². The third-order valence-corrected chi connectivity index (χ3v) is 5.80. The zero-order chi connectivity index (χ0) is 11.1. The van der Waals surface area contributed by atoms with E-state index in [4.69, 9.17) is 4.74 Å². The van der Waals surface area contributed by atoms with Crippen molar-refractivity contribution in [1.29, 1.82) is 0 Å². The van der Waals surface area contributed by atoms with Crippen LogP contribution in [0.15, 0.2) is 30.3 Å². The average molecular weight is 224 g/mol. The standard InChI is InChI=1S/C16H16O/c1-17-13-5-3-2-4-8(13)9-6-10-11-7-12-15(10)16(12)14(9)11/h2-6,10-12,14-16H,7H2,1H3. The summed E-state index contributed by atoms with van der Waals surface area (Å²) in [5.74, 6) is 7.09. The van der Waals surface area contributed by atoms with E-state index >= 15 is 0 Å². The fraction of sp³-hybridized carbons (Fsp3) is 0.500. The average Bonchev–Trinajstić information content (AvgIpc) is 2.77. The predicted molar refractivity (Wildman–Crippen MR) is 66.5 cm³/mol. The zero-order valence-electron chi connectivity index (χ0n) is 9.97. The largest absolute Gasteiger partial charge is 0.496 e. The van der Waals surface area contributed by atoms with Crippen molar-refractivity contribution in [3.05, 3.63) is 35.9 Å². The fourth-order valence-electron chi connectivity index (χ4n) is 5.36. The van der Waals surface area contributed by atoms with E-state index in [0.717, 1.165) is 41.3 Å². The highest BCUT2D eigenvalue weighted by Gasteiger charge is 2.75. The Labute approximate surface area is 101 Å². The van der Waals surface area contributed by atoms with E-state index in [1.807, 2.05) is 0 Å². The number of hydrogen-bond acceptors (Lipinski definition) is 1. The van der Waals surface area contributed by atoms with Crippen LogP contribution in [0.1, 0.15) is 12.0 Å². The molecule has 0 spiro atoms. The molecule has 86 valence electrons. The monoisotopic (exact) mass is 224 g/mol. The summed E-state index contributed by atoms with van der Waals surface area (Å²) >= 11 is 0. The summed E-state index contributed by atoms with van der Waals surface area (Å²) in [6, 6.07) is 8.53. The normalized spacial score (nSPS) is 47.2. The molecule has 6 bridgehead atoms. The van der Waals surface area contributed by atoms with Gasteiger partial charge in [0.05, 0.1) is 7.11 Å². The van der Waals surface area contributed by atoms with Gasteiger partial charge in [-0.1, -0.05) is 24.3 Å². The van der Waals surface area contributed by atoms with Gasteiger partial charge in [-0.25, -0.2) is 0 Å². The molecule has 4 saturated carbocycles. The summed E-state index contributed by atoms with van der Waals surface area (Å²) in [6.45, 7) is 0. The van der Waals surface area contributed by atoms with Crippen molar-refractivity contribution < 1.29 is 4.74 Å². The summed E-state index contributed by atoms with van der Waals surface area (Å²) in [6.07, 6.45) is 4.10. The highest BCUT2D eigenvalue weighted by molar-refractivity contribution is 5.77. The Morgan fingerprint density at radius 3 is 2.71 bits per heavy atom. The van der Waals surface area contributed by atoms with Crippen LogP contribution in [0.3, 0.4) is 0 Å². The molecule has 0 radical (unpaired) electrons. The smallest absolute Gasteiger partial charge is 0.126 e. The minimum Gasteiger partial charge on any atom is -0.496 e. The summed E-state index contributed by atoms with van der Waals surface area (Å²) in [5, 5.41) is 0. The first-order valence-electron chi connectivity index (χ1n) is 6.75. The van der Waals surface area contributed by atoms with Crippen molar-refractivity contribution in [2.75, 3.05) is 7.11 Å². The Morgan fingerprint density at radius 1 is 1.12 bits per heavy atom. The molecule has 0 N–H and O–H groups in total. The molecule has 0 aliphatic heterocycles. The Bertz CT molecular complexity index is 544. The third-order valence-electron chi connectivity index (χ3n) is 5.80. The molecular formula is C16H16O. The van der Waals surface area contributed by atoms with Crippen molar-refractivity contribution in [1.82, 2.24) is 0 Å². The molecule has 1 nitrogen and oxygen atoms in total. The molecule has 0 saturated heterocycles. The summed E-state index contributed by atoms with van der Waals surface area (Å²) < 4.78 is 5.52. The van der Waals surface area contributed by atoms with E-state index in [9.17, 15) is 0 Å². The van der Waals surface area contributed by atoms with Gasteiger partial charge in [0.2, 0.25) is 0 Å². The number of ether oxygens (including phenoxy) is 1. The Balaban J connectivity index is 1.64. The number of methoxy groups -OCH3 is 1. The van der Waals surface area contributed by atoms with E-state index in [1.165, 1.54) is 12.0 Å². The first-order chi connectivity index (χ1) is 8.40. The molecular weight excluding hydrogens is 208 g/mol. The molecule has 6 atom stereocenters. The number of hydrogen-bond donors (Lipinski definition) is 0. The van der Waals surface area contributed by atoms with Gasteiger partial charge in [-0.3, -0.25) is 0 Å². The predicted octanol–water partition coefficient (Wildman–Crippen LogP) is 3.22. The van der Waals surface area contributed by atoms with Gasteiger partial charge in [0, 0.05) is 5.56 Å². The van der Waals surface area contributed by atoms with Crippen molar-refractivity contribution in [3.63, 3.8) is 0 Å². The van der Waals surface area contributed by atoms with Crippen LogP contribution in [0, 0.1) is 35.5 Å². The highest BCUT2D eigenvalue weighted by atomic mass is 16.5. The van der Waals surface area contributed by atoms with Crippen LogP contribution in [0.25, 0.3) is 5.57 Å². The SMILES string of the molecule is COc1ccccc1C1=CC2C3CC4C2C4C13. The third kappa shape index (κ3) is 0.832. The zero-order valence-corrected chi connectivity index (χ0v) is 9.97. The van der Waals surface area contributed by atoms with Gasteiger partial charge in [-0.2, -0.15) is 0 Å². The summed E-state index contributed by atoms with van der Waals surface area (Å²) in [4.78, 5) is 0. The second-order valence-corrected chi connectivity index (χ2v) is 6.14. The minimum absolute atomic E-state index is 0.881. The van der Waals surface area contributed by atoms with E-state index in [1.54, 1.807) is 12.7 Å². The van der Waals surface area contributed by atoms with Gasteiger partial charge in [0.15, 0.2) is 0 Å². The second kappa shape index (κ2) is 2.60. The number of para-hydroxylation sites is 1. The van der Waals surface area contributed by atoms with Gasteiger partial charge in [0.1, 0.15) is 5.75 Å². The van der Waals surface area contributed by atoms with Crippen LogP contribution in [-0.4, -0.2) is 7.11 Å². The Kier molecular flexibility index (Phi) is 1.35. The van der Waals surface area contributed by atoms with Crippen LogP contribution in [-0.2, 0) is 0 Å². The Morgan fingerprint density at radius 2 is 2.00 bits per heavy atom. The van der Waals surface area contributed by atoms with E-state index < -0.39 is 0 Å². The number of benzene rings is 1. The maximum Gasteiger partial charge on any atom is 0.126 e. The lowest BCUT2D eigenvalue weighted by Gasteiger charge is -2.17. The molecule has 1 heteroatoms. The van der Waals surface area contributed by atoms with Gasteiger partial charge in [0.25, 0.3) is 0 Å². The fourth-order valence-corrected chi connectivity index (χ4v) is 5.36. The quantitative estimate of drug-likeness (QED) is 0.749. The maximum atomic E-state index is 5.52. The van der Waals surface area contributed by atoms with Crippen molar-refractivity contribution >= 4 is 5.57 Å². The van der Waals surface area contributed by atoms with Crippen LogP contribution in [0.5, 0.6) is 5.75 Å². The molecule has 4 fully saturated rings. The molecule has 0 heterocycles. The molecule has 1 aromatic rings. The van der Waals surface area contributed by atoms with E-state index in [-0.39, 0.29) is 0 Å². The van der Waals surface area contributed by atoms with Gasteiger partial charge in [-0.15, -0.1) is 0 Å². The molecule has 1 aromatic carbocycles. The number of allylic oxidation sites excluding steroid dienone is 2. The lowest BCUT2D eigenvalue weighted by atomic mass is 9.89. The molecule has 5 aliphatic rings. The van der Waals surface area contributed by atoms with E-state index in [2.05, 4.69) is 30.3 Å². The lowest BCUT2D eigenvalue weighted by molar-refractivity contribution is 0.412. The highest BCUT2D eigenvalue weighted by Crippen LogP contribution is 2.81. The Hall–Kier alpha value is -1.24. The maximum absolute atomic E-state index is 5.52. The first kappa shape index (κ1) is 8.79. The molecule has 6 unspecified atom stereocenters. The second-order valence-electron chi connectivity index (χ2n) is 6.14. The van der Waals surface area contributed by atoms with Gasteiger partial charge in [-0.05, 0) is 53.6 Å². The molecule has 5 aliphatic carbocycles. The number of rotatable bonds is 2. The van der Waals surface area contributed by atoms with Crippen LogP contribution < -0.4 is 4.74 Å². The molecule has 6 rings (SSSR count). The van der Waals surface area contributed by atoms with Crippen molar-refractivity contribution in [2.24, 2.45) is 35.5 Å². The molecule has 0 amide bonds. The van der Waals surface area contributed by atoms with Crippen molar-refractivity contribution in [2.45, 2.75) is 6.42 Å². The van der Waals surface area contributed by atoms with Crippen LogP contribution in [0.4, 0.5) is 0 Å². The van der Waals surface area contributed by atoms with Crippen LogP contribution >= 0.6 is 0 Å². The molecule has 17 heavy (non-hydrogen) atoms. The lowest BCUT2D eigenvalue weighted by Crippen LogP contribution is -2.05. The van der Waals surface area contributed by atoms with Crippen LogP contribution in [0.2, 0.25) is 0 Å². The first-order valence-corrected chi connectivity index (χ1v) is 6.75. The minimum atomic E-state index is 0.881. The summed E-state index contributed by atoms with van der Waals surface area (Å²) in [5.41, 5.74) is 2.97. The topological polar surface area (TPSA) is 9.23 Å². The van der Waals surface area contributed by atoms with E-state index in [0.29, 0.717) is 0 Å².